The molecule has 0 spiro atoms. The molecule has 2 N–H and O–H groups in total. The number of carbonyl (C=O) groups excluding carboxylic acids is 1. The minimum atomic E-state index is -0.881. The lowest BCUT2D eigenvalue weighted by Gasteiger charge is -2.20. The molecule has 126 valence electrons. The number of rotatable bonds is 3. The lowest BCUT2D eigenvalue weighted by Crippen LogP contribution is -2.37. The number of carboxylic acid groups (broad SMARTS) is 1. The van der Waals surface area contributed by atoms with Gasteiger partial charge in [-0.3, -0.25) is 4.79 Å². The summed E-state index contributed by atoms with van der Waals surface area (Å²) in [6, 6.07) is 5.17. The second-order valence-corrected chi connectivity index (χ2v) is 6.33. The van der Waals surface area contributed by atoms with Crippen molar-refractivity contribution < 1.29 is 19.1 Å². The summed E-state index contributed by atoms with van der Waals surface area (Å²) in [6.45, 7) is 4.22. The Morgan fingerprint density at radius 1 is 1.42 bits per heavy atom. The molecule has 1 fully saturated rings. The highest BCUT2D eigenvalue weighted by atomic mass is 16.4. The lowest BCUT2D eigenvalue weighted by molar-refractivity contribution is -0.146. The van der Waals surface area contributed by atoms with Crippen LogP contribution in [0.1, 0.15) is 18.9 Å². The van der Waals surface area contributed by atoms with Crippen LogP contribution < -0.4 is 5.32 Å². The van der Waals surface area contributed by atoms with Crippen LogP contribution in [0.25, 0.3) is 11.5 Å². The first kappa shape index (κ1) is 16.0. The van der Waals surface area contributed by atoms with Gasteiger partial charge in [-0.2, -0.15) is 0 Å². The number of amides is 2. The van der Waals surface area contributed by atoms with Crippen LogP contribution in [0.15, 0.2) is 35.1 Å². The number of anilines is 1. The van der Waals surface area contributed by atoms with E-state index in [4.69, 9.17) is 4.42 Å². The molecule has 0 saturated carbocycles. The van der Waals surface area contributed by atoms with Gasteiger partial charge in [0.25, 0.3) is 0 Å². The first-order chi connectivity index (χ1) is 11.4. The molecule has 1 unspecified atom stereocenters. The van der Waals surface area contributed by atoms with Gasteiger partial charge in [0.15, 0.2) is 0 Å². The molecular formula is C17H19N3O4. The van der Waals surface area contributed by atoms with Gasteiger partial charge in [-0.05, 0) is 38.0 Å². The zero-order valence-corrected chi connectivity index (χ0v) is 13.6. The summed E-state index contributed by atoms with van der Waals surface area (Å²) in [5.74, 6) is -0.387. The van der Waals surface area contributed by atoms with E-state index in [1.54, 1.807) is 25.3 Å². The SMILES string of the molecule is Cc1ccc(NC(=O)N2CCC(C)(C(=O)O)C2)cc1-c1ncco1. The molecule has 1 aliphatic heterocycles. The van der Waals surface area contributed by atoms with Crippen LogP contribution in [0.2, 0.25) is 0 Å². The van der Waals surface area contributed by atoms with Gasteiger partial charge in [0.2, 0.25) is 5.89 Å². The maximum absolute atomic E-state index is 12.4. The number of oxazole rings is 1. The van der Waals surface area contributed by atoms with Crippen molar-refractivity contribution in [2.75, 3.05) is 18.4 Å². The standard InChI is InChI=1S/C17H19N3O4/c1-11-3-4-12(9-13(11)14-18-6-8-24-14)19-16(23)20-7-5-17(2,10-20)15(21)22/h3-4,6,8-9H,5,7,10H2,1-2H3,(H,19,23)(H,21,22). The van der Waals surface area contributed by atoms with Crippen LogP contribution in [0.5, 0.6) is 0 Å². The Hall–Kier alpha value is -2.83. The van der Waals surface area contributed by atoms with Crippen molar-refractivity contribution in [3.05, 3.63) is 36.2 Å². The lowest BCUT2D eigenvalue weighted by atomic mass is 9.90. The van der Waals surface area contributed by atoms with Gasteiger partial charge in [0, 0.05) is 24.3 Å². The van der Waals surface area contributed by atoms with Gasteiger partial charge < -0.3 is 19.7 Å². The number of carboxylic acids is 1. The van der Waals surface area contributed by atoms with Gasteiger partial charge in [-0.15, -0.1) is 0 Å². The largest absolute Gasteiger partial charge is 0.481 e. The van der Waals surface area contributed by atoms with Crippen LogP contribution >= 0.6 is 0 Å². The Kier molecular flexibility index (Phi) is 4.01. The van der Waals surface area contributed by atoms with Crippen molar-refractivity contribution in [2.45, 2.75) is 20.3 Å². The van der Waals surface area contributed by atoms with Crippen molar-refractivity contribution >= 4 is 17.7 Å². The predicted molar refractivity (Wildman–Crippen MR) is 87.6 cm³/mol. The fraction of sp³-hybridized carbons (Fsp3) is 0.353. The van der Waals surface area contributed by atoms with Crippen LogP contribution in [-0.2, 0) is 4.79 Å². The molecule has 1 atom stereocenters. The second-order valence-electron chi connectivity index (χ2n) is 6.33. The van der Waals surface area contributed by atoms with Gasteiger partial charge in [0.1, 0.15) is 6.26 Å². The summed E-state index contributed by atoms with van der Waals surface area (Å²) >= 11 is 0. The molecule has 24 heavy (non-hydrogen) atoms. The first-order valence-corrected chi connectivity index (χ1v) is 7.69. The second kappa shape index (κ2) is 5.99. The third kappa shape index (κ3) is 2.97. The number of aryl methyl sites for hydroxylation is 1. The van der Waals surface area contributed by atoms with E-state index in [-0.39, 0.29) is 12.6 Å². The molecule has 1 aromatic heterocycles. The molecule has 2 amide bonds. The Balaban J connectivity index is 1.74. The van der Waals surface area contributed by atoms with Gasteiger partial charge in [0.05, 0.1) is 11.6 Å². The van der Waals surface area contributed by atoms with E-state index in [2.05, 4.69) is 10.3 Å². The van der Waals surface area contributed by atoms with Crippen molar-refractivity contribution in [3.8, 4) is 11.5 Å². The summed E-state index contributed by atoms with van der Waals surface area (Å²) in [4.78, 5) is 29.3. The van der Waals surface area contributed by atoms with Crippen LogP contribution in [0.3, 0.4) is 0 Å². The summed E-state index contributed by atoms with van der Waals surface area (Å²) in [7, 11) is 0. The normalized spacial score (nSPS) is 20.2. The number of nitrogens with zero attached hydrogens (tertiary/aromatic N) is 2. The zero-order valence-electron chi connectivity index (χ0n) is 13.6. The summed E-state index contributed by atoms with van der Waals surface area (Å²) < 4.78 is 5.31. The van der Waals surface area contributed by atoms with E-state index in [1.165, 1.54) is 11.2 Å². The Labute approximate surface area is 139 Å². The molecule has 0 bridgehead atoms. The molecule has 2 aromatic rings. The number of benzene rings is 1. The van der Waals surface area contributed by atoms with Gasteiger partial charge >= 0.3 is 12.0 Å². The molecule has 1 aromatic carbocycles. The average molecular weight is 329 g/mol. The topological polar surface area (TPSA) is 95.7 Å². The first-order valence-electron chi connectivity index (χ1n) is 7.69. The minimum absolute atomic E-state index is 0.201. The molecule has 7 heteroatoms. The number of likely N-dealkylation sites (tertiary alicyclic amines) is 1. The average Bonchev–Trinajstić information content (AvgIpc) is 3.19. The van der Waals surface area contributed by atoms with E-state index in [0.717, 1.165) is 11.1 Å². The fourth-order valence-electron chi connectivity index (χ4n) is 2.80. The molecule has 2 heterocycles. The number of urea groups is 1. The Bertz CT molecular complexity index is 772. The van der Waals surface area contributed by atoms with Crippen LogP contribution in [-0.4, -0.2) is 40.1 Å². The number of hydrogen-bond donors (Lipinski definition) is 2. The van der Waals surface area contributed by atoms with Crippen molar-refractivity contribution in [1.82, 2.24) is 9.88 Å². The van der Waals surface area contributed by atoms with Crippen molar-refractivity contribution in [2.24, 2.45) is 5.41 Å². The number of carbonyl (C=O) groups is 2. The van der Waals surface area contributed by atoms with Crippen molar-refractivity contribution in [1.29, 1.82) is 0 Å². The third-order valence-corrected chi connectivity index (χ3v) is 4.43. The zero-order chi connectivity index (χ0) is 17.3. The van der Waals surface area contributed by atoms with Crippen LogP contribution in [0.4, 0.5) is 10.5 Å². The fourth-order valence-corrected chi connectivity index (χ4v) is 2.80. The van der Waals surface area contributed by atoms with Gasteiger partial charge in [-0.1, -0.05) is 6.07 Å². The monoisotopic (exact) mass is 329 g/mol. The van der Waals surface area contributed by atoms with E-state index in [9.17, 15) is 14.7 Å². The third-order valence-electron chi connectivity index (χ3n) is 4.43. The maximum Gasteiger partial charge on any atom is 0.321 e. The summed E-state index contributed by atoms with van der Waals surface area (Å²) in [6.07, 6.45) is 3.51. The van der Waals surface area contributed by atoms with Gasteiger partial charge in [-0.25, -0.2) is 9.78 Å². The van der Waals surface area contributed by atoms with Crippen LogP contribution in [0, 0.1) is 12.3 Å². The summed E-state index contributed by atoms with van der Waals surface area (Å²) in [5, 5.41) is 12.1. The highest BCUT2D eigenvalue weighted by Gasteiger charge is 2.42. The molecule has 7 nitrogen and oxygen atoms in total. The predicted octanol–water partition coefficient (Wildman–Crippen LogP) is 2.98. The smallest absolute Gasteiger partial charge is 0.321 e. The van der Waals surface area contributed by atoms with Crippen molar-refractivity contribution in [3.63, 3.8) is 0 Å². The Morgan fingerprint density at radius 3 is 2.83 bits per heavy atom. The van der Waals surface area contributed by atoms with E-state index in [0.29, 0.717) is 24.5 Å². The molecule has 0 aliphatic carbocycles. The number of hydrogen-bond acceptors (Lipinski definition) is 4. The maximum atomic E-state index is 12.4. The molecular weight excluding hydrogens is 310 g/mol. The summed E-state index contributed by atoms with van der Waals surface area (Å²) in [5.41, 5.74) is 1.51. The number of aromatic nitrogens is 1. The molecule has 1 aliphatic rings. The highest BCUT2D eigenvalue weighted by Crippen LogP contribution is 2.31. The van der Waals surface area contributed by atoms with E-state index < -0.39 is 11.4 Å². The number of aliphatic carboxylic acids is 1. The Morgan fingerprint density at radius 2 is 2.21 bits per heavy atom. The molecule has 0 radical (unpaired) electrons. The quantitative estimate of drug-likeness (QED) is 0.902. The number of nitrogens with one attached hydrogen (secondary N) is 1. The van der Waals surface area contributed by atoms with E-state index in [1.807, 2.05) is 13.0 Å². The molecule has 3 rings (SSSR count). The molecule has 1 saturated heterocycles. The highest BCUT2D eigenvalue weighted by molar-refractivity contribution is 5.91. The van der Waals surface area contributed by atoms with E-state index >= 15 is 0 Å². The minimum Gasteiger partial charge on any atom is -0.481 e.